The highest BCUT2D eigenvalue weighted by atomic mass is 32.2. The monoisotopic (exact) mass is 413 g/mol. The Morgan fingerprint density at radius 3 is 2.30 bits per heavy atom. The second-order valence-electron chi connectivity index (χ2n) is 5.77. The number of nitrogens with one attached hydrogen (secondary N) is 1. The first-order valence-electron chi connectivity index (χ1n) is 8.08. The molecule has 1 aromatic heterocycles. The van der Waals surface area contributed by atoms with E-state index in [1.165, 1.54) is 11.8 Å². The van der Waals surface area contributed by atoms with E-state index in [4.69, 9.17) is 0 Å². The van der Waals surface area contributed by atoms with Crippen LogP contribution in [0.3, 0.4) is 0 Å². The van der Waals surface area contributed by atoms with Crippen LogP contribution in [0.2, 0.25) is 0 Å². The Labute approximate surface area is 165 Å². The van der Waals surface area contributed by atoms with Gasteiger partial charge in [-0.3, -0.25) is 4.72 Å². The summed E-state index contributed by atoms with van der Waals surface area (Å²) in [5.41, 5.74) is 0.440. The first-order valence-corrected chi connectivity index (χ1v) is 11.3. The predicted molar refractivity (Wildman–Crippen MR) is 111 cm³/mol. The Hall–Kier alpha value is -2.48. The highest BCUT2D eigenvalue weighted by molar-refractivity contribution is 7.99. The van der Waals surface area contributed by atoms with E-state index in [0.29, 0.717) is 21.4 Å². The molecule has 3 aromatic carbocycles. The van der Waals surface area contributed by atoms with E-state index in [-0.39, 0.29) is 9.96 Å². The van der Waals surface area contributed by atoms with Crippen molar-refractivity contribution in [1.29, 1.82) is 0 Å². The van der Waals surface area contributed by atoms with Crippen LogP contribution in [-0.2, 0) is 10.0 Å². The number of anilines is 1. The molecule has 0 aliphatic rings. The molecular weight excluding hydrogens is 398 g/mol. The lowest BCUT2D eigenvalue weighted by Gasteiger charge is -2.14. The number of phenolic OH excluding ortho intramolecular Hbond substituents is 1. The number of fused-ring (bicyclic) bond motifs is 1. The highest BCUT2D eigenvalue weighted by Gasteiger charge is 2.19. The summed E-state index contributed by atoms with van der Waals surface area (Å²) < 4.78 is 28.3. The molecule has 0 spiro atoms. The number of sulfonamides is 1. The summed E-state index contributed by atoms with van der Waals surface area (Å²) in [6.45, 7) is 0. The van der Waals surface area contributed by atoms with Crippen molar-refractivity contribution in [2.24, 2.45) is 0 Å². The molecule has 4 rings (SSSR count). The zero-order valence-electron chi connectivity index (χ0n) is 14.0. The largest absolute Gasteiger partial charge is 0.506 e. The summed E-state index contributed by atoms with van der Waals surface area (Å²) in [5.74, 6) is 0.138. The molecule has 0 saturated heterocycles. The minimum Gasteiger partial charge on any atom is -0.506 e. The molecule has 0 unspecified atom stereocenters. The Balaban J connectivity index is 1.83. The maximum Gasteiger partial charge on any atom is 0.271 e. The first-order chi connectivity index (χ1) is 13.0. The minimum atomic E-state index is -3.69. The molecule has 0 aliphatic carbocycles. The lowest BCUT2D eigenvalue weighted by Crippen LogP contribution is -2.11. The van der Waals surface area contributed by atoms with Crippen molar-refractivity contribution in [3.05, 3.63) is 78.2 Å². The summed E-state index contributed by atoms with van der Waals surface area (Å²) >= 11 is 2.54. The van der Waals surface area contributed by atoms with Gasteiger partial charge in [-0.15, -0.1) is 11.3 Å². The average Bonchev–Trinajstić information content (AvgIpc) is 3.22. The maximum absolute atomic E-state index is 12.7. The van der Waals surface area contributed by atoms with Crippen LogP contribution >= 0.6 is 23.1 Å². The SMILES string of the molecule is O=S(=O)(Nc1cc(Sc2ccccc2)c(O)c2ccccc12)c1cccs1. The standard InChI is InChI=1S/C20H15NO3S3/c22-20-16-10-5-4-9-15(16)17(21-27(23,24)19-11-6-12-25-19)13-18(20)26-14-7-2-1-3-8-14/h1-13,21-22H. The fourth-order valence-electron chi connectivity index (χ4n) is 2.72. The van der Waals surface area contributed by atoms with Crippen LogP contribution in [-0.4, -0.2) is 13.5 Å². The van der Waals surface area contributed by atoms with Crippen LogP contribution in [0.15, 0.2) is 92.2 Å². The normalized spacial score (nSPS) is 11.6. The van der Waals surface area contributed by atoms with Crippen LogP contribution in [0.1, 0.15) is 0 Å². The van der Waals surface area contributed by atoms with Gasteiger partial charge in [0, 0.05) is 15.7 Å². The average molecular weight is 414 g/mol. The molecule has 4 aromatic rings. The van der Waals surface area contributed by atoms with E-state index in [9.17, 15) is 13.5 Å². The number of hydrogen-bond acceptors (Lipinski definition) is 5. The molecular formula is C20H15NO3S3. The molecule has 0 aliphatic heterocycles. The van der Waals surface area contributed by atoms with Crippen molar-refractivity contribution in [2.45, 2.75) is 14.0 Å². The summed E-state index contributed by atoms with van der Waals surface area (Å²) in [6.07, 6.45) is 0. The molecule has 1 heterocycles. The Morgan fingerprint density at radius 1 is 0.889 bits per heavy atom. The molecule has 0 saturated carbocycles. The third kappa shape index (κ3) is 3.66. The third-order valence-corrected chi connectivity index (χ3v) is 7.76. The fraction of sp³-hybridized carbons (Fsp3) is 0. The van der Waals surface area contributed by atoms with Crippen molar-refractivity contribution >= 4 is 49.6 Å². The van der Waals surface area contributed by atoms with Gasteiger partial charge in [0.15, 0.2) is 0 Å². The van der Waals surface area contributed by atoms with Gasteiger partial charge in [0.1, 0.15) is 9.96 Å². The van der Waals surface area contributed by atoms with Crippen LogP contribution < -0.4 is 4.72 Å². The van der Waals surface area contributed by atoms with Crippen molar-refractivity contribution in [3.8, 4) is 5.75 Å². The molecule has 0 fully saturated rings. The molecule has 27 heavy (non-hydrogen) atoms. The van der Waals surface area contributed by atoms with Crippen LogP contribution in [0.5, 0.6) is 5.75 Å². The number of rotatable bonds is 5. The van der Waals surface area contributed by atoms with Gasteiger partial charge in [0.05, 0.1) is 10.6 Å². The van der Waals surface area contributed by atoms with E-state index < -0.39 is 10.0 Å². The smallest absolute Gasteiger partial charge is 0.271 e. The van der Waals surface area contributed by atoms with E-state index in [2.05, 4.69) is 4.72 Å². The van der Waals surface area contributed by atoms with E-state index in [0.717, 1.165) is 16.2 Å². The van der Waals surface area contributed by atoms with Crippen molar-refractivity contribution in [2.75, 3.05) is 4.72 Å². The zero-order chi connectivity index (χ0) is 18.9. The lowest BCUT2D eigenvalue weighted by atomic mass is 10.1. The van der Waals surface area contributed by atoms with Gasteiger partial charge in [-0.05, 0) is 29.6 Å². The number of phenols is 1. The predicted octanol–water partition coefficient (Wildman–Crippen LogP) is 5.56. The van der Waals surface area contributed by atoms with E-state index in [1.54, 1.807) is 35.7 Å². The van der Waals surface area contributed by atoms with Crippen molar-refractivity contribution < 1.29 is 13.5 Å². The molecule has 136 valence electrons. The second kappa shape index (κ2) is 7.26. The van der Waals surface area contributed by atoms with Gasteiger partial charge in [0.25, 0.3) is 10.0 Å². The fourth-order valence-corrected chi connectivity index (χ4v) is 5.72. The van der Waals surface area contributed by atoms with Gasteiger partial charge >= 0.3 is 0 Å². The molecule has 4 nitrogen and oxygen atoms in total. The Kier molecular flexibility index (Phi) is 4.82. The number of thiophene rings is 1. The molecule has 0 radical (unpaired) electrons. The lowest BCUT2D eigenvalue weighted by molar-refractivity contribution is 0.469. The van der Waals surface area contributed by atoms with E-state index >= 15 is 0 Å². The van der Waals surface area contributed by atoms with Gasteiger partial charge in [-0.1, -0.05) is 60.3 Å². The summed E-state index contributed by atoms with van der Waals surface area (Å²) in [4.78, 5) is 1.54. The van der Waals surface area contributed by atoms with Gasteiger partial charge in [0.2, 0.25) is 0 Å². The molecule has 2 N–H and O–H groups in total. The maximum atomic E-state index is 12.7. The van der Waals surface area contributed by atoms with Gasteiger partial charge in [-0.25, -0.2) is 8.42 Å². The summed E-state index contributed by atoms with van der Waals surface area (Å²) in [7, 11) is -3.69. The zero-order valence-corrected chi connectivity index (χ0v) is 16.4. The number of aromatic hydroxyl groups is 1. The Morgan fingerprint density at radius 2 is 1.59 bits per heavy atom. The number of benzene rings is 3. The van der Waals surface area contributed by atoms with Crippen LogP contribution in [0.4, 0.5) is 5.69 Å². The quantitative estimate of drug-likeness (QED) is 0.421. The van der Waals surface area contributed by atoms with Crippen molar-refractivity contribution in [1.82, 2.24) is 0 Å². The summed E-state index contributed by atoms with van der Waals surface area (Å²) in [6, 6.07) is 21.8. The van der Waals surface area contributed by atoms with E-state index in [1.807, 2.05) is 42.5 Å². The molecule has 7 heteroatoms. The first kappa shape index (κ1) is 17.9. The topological polar surface area (TPSA) is 66.4 Å². The molecule has 0 amide bonds. The summed E-state index contributed by atoms with van der Waals surface area (Å²) in [5, 5.41) is 13.7. The third-order valence-electron chi connectivity index (χ3n) is 3.96. The Bertz CT molecular complexity index is 1190. The van der Waals surface area contributed by atoms with Crippen LogP contribution in [0.25, 0.3) is 10.8 Å². The minimum absolute atomic E-state index is 0.138. The van der Waals surface area contributed by atoms with Gasteiger partial charge in [-0.2, -0.15) is 0 Å². The van der Waals surface area contributed by atoms with Gasteiger partial charge < -0.3 is 5.11 Å². The second-order valence-corrected chi connectivity index (χ2v) is 9.74. The highest BCUT2D eigenvalue weighted by Crippen LogP contribution is 2.43. The molecule has 0 bridgehead atoms. The van der Waals surface area contributed by atoms with Crippen molar-refractivity contribution in [3.63, 3.8) is 0 Å². The molecule has 0 atom stereocenters. The number of hydrogen-bond donors (Lipinski definition) is 2. The van der Waals surface area contributed by atoms with Crippen LogP contribution in [0, 0.1) is 0 Å².